The minimum atomic E-state index is -1.03. The van der Waals surface area contributed by atoms with Crippen molar-refractivity contribution >= 4 is 17.9 Å². The summed E-state index contributed by atoms with van der Waals surface area (Å²) in [5.74, 6) is 0. The highest BCUT2D eigenvalue weighted by Gasteiger charge is 2.31. The van der Waals surface area contributed by atoms with Gasteiger partial charge in [-0.1, -0.05) is 6.07 Å². The zero-order chi connectivity index (χ0) is 20.1. The Morgan fingerprint density at radius 1 is 1.04 bits per heavy atom. The van der Waals surface area contributed by atoms with Crippen molar-refractivity contribution in [1.29, 1.82) is 0 Å². The fourth-order valence-electron chi connectivity index (χ4n) is 3.29. The van der Waals surface area contributed by atoms with Crippen LogP contribution in [0.5, 0.6) is 0 Å². The minimum Gasteiger partial charge on any atom is -0.465 e. The Labute approximate surface area is 161 Å². The minimum absolute atomic E-state index is 0.114. The van der Waals surface area contributed by atoms with Gasteiger partial charge in [0.1, 0.15) is 0 Å². The summed E-state index contributed by atoms with van der Waals surface area (Å²) >= 11 is 0. The quantitative estimate of drug-likeness (QED) is 0.724. The van der Waals surface area contributed by atoms with Gasteiger partial charge in [0.25, 0.3) is 5.56 Å². The second-order valence-corrected chi connectivity index (χ2v) is 6.53. The monoisotopic (exact) mass is 386 g/mol. The molecule has 1 fully saturated rings. The first-order valence-corrected chi connectivity index (χ1v) is 8.95. The van der Waals surface area contributed by atoms with Crippen molar-refractivity contribution in [1.82, 2.24) is 14.4 Å². The molecule has 2 amide bonds. The molecular formula is C19H22N4O5. The maximum atomic E-state index is 11.9. The van der Waals surface area contributed by atoms with Gasteiger partial charge in [0.2, 0.25) is 0 Å². The van der Waals surface area contributed by atoms with Crippen LogP contribution in [0.4, 0.5) is 15.3 Å². The van der Waals surface area contributed by atoms with E-state index in [0.29, 0.717) is 13.0 Å². The summed E-state index contributed by atoms with van der Waals surface area (Å²) in [6.07, 6.45) is 0.112. The van der Waals surface area contributed by atoms with E-state index in [2.05, 4.69) is 5.32 Å². The summed E-state index contributed by atoms with van der Waals surface area (Å²) in [5.41, 5.74) is 1.47. The molecule has 2 heterocycles. The summed E-state index contributed by atoms with van der Waals surface area (Å²) in [5, 5.41) is 21.7. The fraction of sp³-hybridized carbons (Fsp3) is 0.316. The molecule has 0 saturated carbocycles. The van der Waals surface area contributed by atoms with Gasteiger partial charge in [-0.05, 0) is 36.8 Å². The van der Waals surface area contributed by atoms with Crippen LogP contribution in [0.1, 0.15) is 6.42 Å². The van der Waals surface area contributed by atoms with E-state index in [0.717, 1.165) is 11.4 Å². The number of nitrogens with one attached hydrogen (secondary N) is 1. The van der Waals surface area contributed by atoms with Gasteiger partial charge in [-0.3, -0.25) is 9.36 Å². The van der Waals surface area contributed by atoms with Crippen LogP contribution < -0.4 is 10.9 Å². The number of amides is 2. The lowest BCUT2D eigenvalue weighted by molar-refractivity contribution is 0.0622. The lowest BCUT2D eigenvalue weighted by Crippen LogP contribution is -2.56. The highest BCUT2D eigenvalue weighted by molar-refractivity contribution is 5.68. The zero-order valence-corrected chi connectivity index (χ0v) is 15.2. The van der Waals surface area contributed by atoms with Crippen molar-refractivity contribution < 1.29 is 19.8 Å². The molecule has 3 N–H and O–H groups in total. The third kappa shape index (κ3) is 4.43. The second-order valence-electron chi connectivity index (χ2n) is 6.53. The van der Waals surface area contributed by atoms with Crippen molar-refractivity contribution in [3.8, 4) is 5.69 Å². The number of hydrogen-bond acceptors (Lipinski definition) is 4. The van der Waals surface area contributed by atoms with Crippen LogP contribution in [0.15, 0.2) is 53.5 Å². The number of pyridine rings is 1. The van der Waals surface area contributed by atoms with Crippen LogP contribution in [0.3, 0.4) is 0 Å². The van der Waals surface area contributed by atoms with Crippen molar-refractivity contribution in [2.24, 2.45) is 0 Å². The molecule has 9 heteroatoms. The van der Waals surface area contributed by atoms with E-state index < -0.39 is 18.2 Å². The van der Waals surface area contributed by atoms with Gasteiger partial charge in [-0.25, -0.2) is 9.59 Å². The number of nitrogens with zero attached hydrogens (tertiary/aromatic N) is 3. The van der Waals surface area contributed by atoms with E-state index in [1.54, 1.807) is 18.3 Å². The maximum absolute atomic E-state index is 11.9. The third-order valence-corrected chi connectivity index (χ3v) is 4.77. The Morgan fingerprint density at radius 2 is 1.79 bits per heavy atom. The number of carbonyl (C=O) groups is 2. The van der Waals surface area contributed by atoms with E-state index in [-0.39, 0.29) is 25.2 Å². The molecule has 0 spiro atoms. The number of benzene rings is 1. The Balaban J connectivity index is 1.59. The molecule has 1 aliphatic rings. The van der Waals surface area contributed by atoms with Crippen LogP contribution in [0, 0.1) is 0 Å². The van der Waals surface area contributed by atoms with Gasteiger partial charge in [-0.2, -0.15) is 0 Å². The molecule has 1 aromatic heterocycles. The van der Waals surface area contributed by atoms with Crippen molar-refractivity contribution in [3.05, 3.63) is 59.0 Å². The molecule has 0 aliphatic carbocycles. The largest absolute Gasteiger partial charge is 0.465 e. The average Bonchev–Trinajstić information content (AvgIpc) is 2.69. The Bertz CT molecular complexity index is 896. The molecule has 0 radical (unpaired) electrons. The molecular weight excluding hydrogens is 364 g/mol. The van der Waals surface area contributed by atoms with Gasteiger partial charge in [0.05, 0.1) is 6.04 Å². The van der Waals surface area contributed by atoms with Crippen molar-refractivity contribution in [2.75, 3.05) is 31.5 Å². The first-order valence-electron chi connectivity index (χ1n) is 8.95. The molecule has 0 bridgehead atoms. The molecule has 148 valence electrons. The third-order valence-electron chi connectivity index (χ3n) is 4.77. The molecule has 28 heavy (non-hydrogen) atoms. The van der Waals surface area contributed by atoms with E-state index in [9.17, 15) is 19.5 Å². The number of hydrogen-bond donors (Lipinski definition) is 3. The number of anilines is 1. The molecule has 1 atom stereocenters. The first-order chi connectivity index (χ1) is 13.5. The number of aromatic nitrogens is 1. The second kappa shape index (κ2) is 8.47. The lowest BCUT2D eigenvalue weighted by atomic mass is 10.1. The topological polar surface area (TPSA) is 115 Å². The normalized spacial score (nSPS) is 16.6. The van der Waals surface area contributed by atoms with Crippen LogP contribution >= 0.6 is 0 Å². The van der Waals surface area contributed by atoms with Gasteiger partial charge in [0.15, 0.2) is 0 Å². The number of carboxylic acid groups (broad SMARTS) is 2. The Hall–Kier alpha value is -3.49. The van der Waals surface area contributed by atoms with Gasteiger partial charge >= 0.3 is 12.2 Å². The lowest BCUT2D eigenvalue weighted by Gasteiger charge is -2.38. The summed E-state index contributed by atoms with van der Waals surface area (Å²) in [4.78, 5) is 37.0. The molecule has 1 saturated heterocycles. The first kappa shape index (κ1) is 19.3. The zero-order valence-electron chi connectivity index (χ0n) is 15.2. The smallest absolute Gasteiger partial charge is 0.407 e. The predicted octanol–water partition coefficient (Wildman–Crippen LogP) is 1.98. The molecule has 1 aliphatic heterocycles. The predicted molar refractivity (Wildman–Crippen MR) is 103 cm³/mol. The summed E-state index contributed by atoms with van der Waals surface area (Å²) < 4.78 is 1.54. The molecule has 9 nitrogen and oxygen atoms in total. The Morgan fingerprint density at radius 3 is 2.43 bits per heavy atom. The standard InChI is InChI=1S/C19H22N4O5/c24-17-3-1-2-10-22(17)15-6-4-14(5-7-15)20-9-8-16-13-21(18(25)26)11-12-23(16)19(27)28/h1-7,10,16,20H,8-9,11-13H2,(H,25,26)(H,27,28)/t16-/m1/s1. The van der Waals surface area contributed by atoms with Gasteiger partial charge in [0, 0.05) is 49.8 Å². The van der Waals surface area contributed by atoms with Gasteiger partial charge < -0.3 is 25.3 Å². The maximum Gasteiger partial charge on any atom is 0.407 e. The number of rotatable bonds is 5. The van der Waals surface area contributed by atoms with E-state index >= 15 is 0 Å². The summed E-state index contributed by atoms with van der Waals surface area (Å²) in [6.45, 7) is 1.02. The summed E-state index contributed by atoms with van der Waals surface area (Å²) in [6, 6.07) is 11.9. The van der Waals surface area contributed by atoms with E-state index in [1.165, 1.54) is 20.4 Å². The fourth-order valence-corrected chi connectivity index (χ4v) is 3.29. The number of piperazine rings is 1. The average molecular weight is 386 g/mol. The molecule has 1 aromatic carbocycles. The summed E-state index contributed by atoms with van der Waals surface area (Å²) in [7, 11) is 0. The van der Waals surface area contributed by atoms with Crippen molar-refractivity contribution in [3.63, 3.8) is 0 Å². The Kier molecular flexibility index (Phi) is 5.83. The molecule has 0 unspecified atom stereocenters. The van der Waals surface area contributed by atoms with Crippen molar-refractivity contribution in [2.45, 2.75) is 12.5 Å². The molecule has 3 rings (SSSR count). The SMILES string of the molecule is O=C(O)N1CCN(C(=O)O)[C@H](CCNc2ccc(-n3ccccc3=O)cc2)C1. The van der Waals surface area contributed by atoms with Crippen LogP contribution in [0.2, 0.25) is 0 Å². The van der Waals surface area contributed by atoms with E-state index in [1.807, 2.05) is 24.3 Å². The van der Waals surface area contributed by atoms with Gasteiger partial charge in [-0.15, -0.1) is 0 Å². The van der Waals surface area contributed by atoms with Crippen LogP contribution in [-0.2, 0) is 0 Å². The highest BCUT2D eigenvalue weighted by atomic mass is 16.4. The molecule has 2 aromatic rings. The van der Waals surface area contributed by atoms with Crippen LogP contribution in [-0.4, -0.2) is 69.0 Å². The van der Waals surface area contributed by atoms with Crippen LogP contribution in [0.25, 0.3) is 5.69 Å². The van der Waals surface area contributed by atoms with E-state index in [4.69, 9.17) is 5.11 Å². The highest BCUT2D eigenvalue weighted by Crippen LogP contribution is 2.16.